The van der Waals surface area contributed by atoms with Gasteiger partial charge in [-0.05, 0) is 42.5 Å². The third kappa shape index (κ3) is 6.41. The van der Waals surface area contributed by atoms with E-state index in [2.05, 4.69) is 26.1 Å². The summed E-state index contributed by atoms with van der Waals surface area (Å²) in [4.78, 5) is 24.0. The van der Waals surface area contributed by atoms with Gasteiger partial charge in [-0.1, -0.05) is 51.1 Å². The van der Waals surface area contributed by atoms with E-state index in [1.807, 2.05) is 30.3 Å². The molecule has 1 atom stereocenters. The van der Waals surface area contributed by atoms with Gasteiger partial charge in [0.1, 0.15) is 0 Å². The molecule has 1 N–H and O–H groups in total. The van der Waals surface area contributed by atoms with Gasteiger partial charge >= 0.3 is 0 Å². The predicted molar refractivity (Wildman–Crippen MR) is 110 cm³/mol. The number of hydrogen-bond acceptors (Lipinski definition) is 4. The molecule has 0 heterocycles. The first-order valence-corrected chi connectivity index (χ1v) is 9.35. The molecular weight excluding hydrogens is 354 g/mol. The van der Waals surface area contributed by atoms with Gasteiger partial charge < -0.3 is 14.8 Å². The van der Waals surface area contributed by atoms with Gasteiger partial charge in [-0.15, -0.1) is 0 Å². The molecule has 0 saturated carbocycles. The maximum Gasteiger partial charge on any atom is 0.258 e. The summed E-state index contributed by atoms with van der Waals surface area (Å²) in [6.45, 7) is 7.79. The smallest absolute Gasteiger partial charge is 0.258 e. The van der Waals surface area contributed by atoms with E-state index in [1.54, 1.807) is 18.2 Å². The first kappa shape index (κ1) is 21.5. The second-order valence-electron chi connectivity index (χ2n) is 8.01. The molecule has 0 aromatic heterocycles. The summed E-state index contributed by atoms with van der Waals surface area (Å²) in [5.74, 6) is 0.579. The number of benzene rings is 2. The predicted octanol–water partition coefficient (Wildman–Crippen LogP) is 4.57. The van der Waals surface area contributed by atoms with Gasteiger partial charge in [-0.2, -0.15) is 0 Å². The molecule has 0 saturated heterocycles. The van der Waals surface area contributed by atoms with Crippen LogP contribution in [0.15, 0.2) is 48.5 Å². The fourth-order valence-corrected chi connectivity index (χ4v) is 2.94. The monoisotopic (exact) mass is 383 g/mol. The van der Waals surface area contributed by atoms with E-state index in [0.717, 1.165) is 12.0 Å². The Morgan fingerprint density at radius 2 is 1.71 bits per heavy atom. The number of Topliss-reactive ketones (excluding diaryl/α,β-unsaturated/α-hetero) is 1. The second-order valence-corrected chi connectivity index (χ2v) is 8.01. The van der Waals surface area contributed by atoms with Crippen molar-refractivity contribution in [2.75, 3.05) is 13.7 Å². The highest BCUT2D eigenvalue weighted by atomic mass is 16.5. The number of ether oxygens (including phenoxy) is 2. The number of methoxy groups -OCH3 is 1. The molecule has 1 amide bonds. The molecule has 5 heteroatoms. The number of carbonyl (C=O) groups excluding carboxylic acids is 2. The maximum absolute atomic E-state index is 12.5. The van der Waals surface area contributed by atoms with Gasteiger partial charge in [0.25, 0.3) is 5.91 Å². The van der Waals surface area contributed by atoms with E-state index in [0.29, 0.717) is 17.1 Å². The van der Waals surface area contributed by atoms with E-state index in [4.69, 9.17) is 9.47 Å². The number of carbonyl (C=O) groups is 2. The molecule has 150 valence electrons. The highest BCUT2D eigenvalue weighted by Gasteiger charge is 2.22. The summed E-state index contributed by atoms with van der Waals surface area (Å²) < 4.78 is 10.9. The lowest BCUT2D eigenvalue weighted by molar-refractivity contribution is -0.124. The molecule has 28 heavy (non-hydrogen) atoms. The molecule has 0 radical (unpaired) electrons. The minimum absolute atomic E-state index is 0.0559. The molecule has 0 bridgehead atoms. The van der Waals surface area contributed by atoms with Crippen molar-refractivity contribution in [3.05, 3.63) is 59.7 Å². The molecule has 2 rings (SSSR count). The van der Waals surface area contributed by atoms with Crippen molar-refractivity contribution in [2.45, 2.75) is 40.2 Å². The van der Waals surface area contributed by atoms with Crippen molar-refractivity contribution in [3.63, 3.8) is 0 Å². The SMILES string of the molecule is COc1cc(C(C)=O)ccc1OCC(=O)NC(CC(C)(C)C)c1ccccc1. The zero-order chi connectivity index (χ0) is 20.7. The Morgan fingerprint density at radius 3 is 2.29 bits per heavy atom. The Balaban J connectivity index is 2.06. The number of rotatable bonds is 8. The van der Waals surface area contributed by atoms with Crippen molar-refractivity contribution >= 4 is 11.7 Å². The summed E-state index contributed by atoms with van der Waals surface area (Å²) >= 11 is 0. The molecule has 2 aromatic carbocycles. The van der Waals surface area contributed by atoms with Crippen LogP contribution in [0.4, 0.5) is 0 Å². The summed E-state index contributed by atoms with van der Waals surface area (Å²) in [6.07, 6.45) is 0.805. The normalized spacial score (nSPS) is 12.2. The van der Waals surface area contributed by atoms with E-state index in [1.165, 1.54) is 14.0 Å². The average Bonchev–Trinajstić information content (AvgIpc) is 2.65. The van der Waals surface area contributed by atoms with Gasteiger partial charge in [0.2, 0.25) is 0 Å². The van der Waals surface area contributed by atoms with Crippen LogP contribution in [0.3, 0.4) is 0 Å². The van der Waals surface area contributed by atoms with Crippen LogP contribution in [-0.4, -0.2) is 25.4 Å². The highest BCUT2D eigenvalue weighted by molar-refractivity contribution is 5.94. The maximum atomic E-state index is 12.5. The standard InChI is InChI=1S/C23H29NO4/c1-16(25)18-11-12-20(21(13-18)27-5)28-15-22(26)24-19(14-23(2,3)4)17-9-7-6-8-10-17/h6-13,19H,14-15H2,1-5H3,(H,24,26). The van der Waals surface area contributed by atoms with Crippen molar-refractivity contribution in [1.82, 2.24) is 5.32 Å². The van der Waals surface area contributed by atoms with Crippen molar-refractivity contribution < 1.29 is 19.1 Å². The molecule has 5 nitrogen and oxygen atoms in total. The summed E-state index contributed by atoms with van der Waals surface area (Å²) in [7, 11) is 1.50. The van der Waals surface area contributed by atoms with E-state index >= 15 is 0 Å². The Morgan fingerprint density at radius 1 is 1.04 bits per heavy atom. The summed E-state index contributed by atoms with van der Waals surface area (Å²) in [5, 5.41) is 3.07. The minimum Gasteiger partial charge on any atom is -0.493 e. The lowest BCUT2D eigenvalue weighted by Gasteiger charge is -2.27. The van der Waals surface area contributed by atoms with E-state index < -0.39 is 0 Å². The lowest BCUT2D eigenvalue weighted by atomic mass is 9.85. The number of nitrogens with one attached hydrogen (secondary N) is 1. The van der Waals surface area contributed by atoms with Crippen LogP contribution in [0.25, 0.3) is 0 Å². The van der Waals surface area contributed by atoms with Gasteiger partial charge in [0, 0.05) is 5.56 Å². The Kier molecular flexibility index (Phi) is 7.21. The van der Waals surface area contributed by atoms with E-state index in [9.17, 15) is 9.59 Å². The largest absolute Gasteiger partial charge is 0.493 e. The fraction of sp³-hybridized carbons (Fsp3) is 0.391. The van der Waals surface area contributed by atoms with Gasteiger partial charge in [-0.25, -0.2) is 0 Å². The number of amides is 1. The summed E-state index contributed by atoms with van der Waals surface area (Å²) in [5.41, 5.74) is 1.65. The quantitative estimate of drug-likeness (QED) is 0.678. The highest BCUT2D eigenvalue weighted by Crippen LogP contribution is 2.30. The zero-order valence-electron chi connectivity index (χ0n) is 17.2. The fourth-order valence-electron chi connectivity index (χ4n) is 2.94. The Labute approximate surface area is 167 Å². The molecule has 2 aromatic rings. The topological polar surface area (TPSA) is 64.6 Å². The van der Waals surface area contributed by atoms with Crippen LogP contribution in [0, 0.1) is 5.41 Å². The number of ketones is 1. The van der Waals surface area contributed by atoms with Crippen LogP contribution in [0.2, 0.25) is 0 Å². The molecule has 0 aliphatic heterocycles. The van der Waals surface area contributed by atoms with Crippen LogP contribution >= 0.6 is 0 Å². The van der Waals surface area contributed by atoms with Crippen LogP contribution in [0.1, 0.15) is 56.1 Å². The first-order chi connectivity index (χ1) is 13.2. The molecular formula is C23H29NO4. The van der Waals surface area contributed by atoms with Crippen molar-refractivity contribution in [1.29, 1.82) is 0 Å². The van der Waals surface area contributed by atoms with Crippen molar-refractivity contribution in [2.24, 2.45) is 5.41 Å². The lowest BCUT2D eigenvalue weighted by Crippen LogP contribution is -2.34. The molecule has 0 aliphatic carbocycles. The van der Waals surface area contributed by atoms with Crippen molar-refractivity contribution in [3.8, 4) is 11.5 Å². The Hall–Kier alpha value is -2.82. The van der Waals surface area contributed by atoms with Crippen LogP contribution in [0.5, 0.6) is 11.5 Å². The first-order valence-electron chi connectivity index (χ1n) is 9.35. The third-order valence-corrected chi connectivity index (χ3v) is 4.28. The van der Waals surface area contributed by atoms with Gasteiger partial charge in [0.05, 0.1) is 13.2 Å². The molecule has 1 unspecified atom stereocenters. The van der Waals surface area contributed by atoms with Gasteiger partial charge in [0.15, 0.2) is 23.9 Å². The summed E-state index contributed by atoms with van der Waals surface area (Å²) in [6, 6.07) is 14.7. The van der Waals surface area contributed by atoms with Crippen LogP contribution < -0.4 is 14.8 Å². The molecule has 0 spiro atoms. The molecule has 0 aliphatic rings. The van der Waals surface area contributed by atoms with E-state index in [-0.39, 0.29) is 29.8 Å². The van der Waals surface area contributed by atoms with Crippen LogP contribution in [-0.2, 0) is 4.79 Å². The van der Waals surface area contributed by atoms with Gasteiger partial charge in [-0.3, -0.25) is 9.59 Å². The Bertz CT molecular complexity index is 809. The number of hydrogen-bond donors (Lipinski definition) is 1. The zero-order valence-corrected chi connectivity index (χ0v) is 17.2. The average molecular weight is 383 g/mol. The second kappa shape index (κ2) is 9.40. The minimum atomic E-state index is -0.212. The third-order valence-electron chi connectivity index (χ3n) is 4.28. The molecule has 0 fully saturated rings.